The van der Waals surface area contributed by atoms with Crippen LogP contribution in [0.25, 0.3) is 0 Å². The third-order valence-corrected chi connectivity index (χ3v) is 38.7. The van der Waals surface area contributed by atoms with Crippen molar-refractivity contribution in [2.24, 2.45) is 0 Å². The Morgan fingerprint density at radius 1 is 0.216 bits per heavy atom. The summed E-state index contributed by atoms with van der Waals surface area (Å²) < 4.78 is 26.0. The minimum absolute atomic E-state index is 0. The third kappa shape index (κ3) is 50.8. The number of para-hydroxylation sites is 4. The van der Waals surface area contributed by atoms with Crippen molar-refractivity contribution in [3.63, 3.8) is 0 Å². The summed E-state index contributed by atoms with van der Waals surface area (Å²) in [4.78, 5) is 121. The average molecular weight is 2180 g/mol. The first-order valence-corrected chi connectivity index (χ1v) is 59.1. The van der Waals surface area contributed by atoms with Gasteiger partial charge in [0.1, 0.15) is 32.9 Å². The number of benzene rings is 4. The Bertz CT molecular complexity index is 2500. The number of ether oxygens (including phenoxy) is 4. The van der Waals surface area contributed by atoms with Gasteiger partial charge in [0, 0.05) is 231 Å². The summed E-state index contributed by atoms with van der Waals surface area (Å²) in [6, 6.07) is 24.1. The van der Waals surface area contributed by atoms with Crippen LogP contribution in [0.2, 0.25) is 78.6 Å². The maximum absolute atomic E-state index is 10.1. The molecule has 0 unspecified atom stereocenters. The molecule has 0 spiro atoms. The molecule has 36 heteroatoms. The van der Waals surface area contributed by atoms with Crippen molar-refractivity contribution in [2.75, 3.05) is 69.8 Å². The van der Waals surface area contributed by atoms with E-state index in [1.165, 1.54) is 51.4 Å². The molecule has 4 heterocycles. The molecule has 4 aliphatic heterocycles. The fraction of sp³-hybridized carbons (Fsp3) is 0.650. The van der Waals surface area contributed by atoms with Crippen LogP contribution in [0.3, 0.4) is 0 Å². The van der Waals surface area contributed by atoms with Gasteiger partial charge in [0.15, 0.2) is 0 Å². The molecule has 0 bridgehead atoms. The molecule has 4 aliphatic rings. The van der Waals surface area contributed by atoms with Crippen LogP contribution in [0.4, 0.5) is 22.7 Å². The fourth-order valence-electron chi connectivity index (χ4n) is 12.9. The number of rotatable bonds is 20. The van der Waals surface area contributed by atoms with E-state index in [9.17, 15) is 57.5 Å². The number of hydrogen-bond acceptors (Lipinski definition) is 20. The first-order valence-electron chi connectivity index (χ1n) is 38.2. The molecule has 8 rings (SSSR count). The molecule has 0 aliphatic carbocycles. The maximum Gasteiger partial charge on any atom is 0.616 e. The Balaban J connectivity index is -0.000000111. The summed E-state index contributed by atoms with van der Waals surface area (Å²) in [5, 5.41) is 0. The van der Waals surface area contributed by atoms with Crippen molar-refractivity contribution in [1.29, 1.82) is 0 Å². The maximum atomic E-state index is 10.1. The zero-order valence-electron chi connectivity index (χ0n) is 79.3. The molecular weight excluding hydrogens is 2020 g/mol. The van der Waals surface area contributed by atoms with Gasteiger partial charge in [0.05, 0.1) is 0 Å². The van der Waals surface area contributed by atoms with Crippen molar-refractivity contribution in [1.82, 2.24) is 0 Å². The van der Waals surface area contributed by atoms with Crippen LogP contribution in [0, 0.1) is 29.7 Å². The Hall–Kier alpha value is 2.16. The molecule has 0 aromatic heterocycles. The van der Waals surface area contributed by atoms with Gasteiger partial charge in [0.25, 0.3) is 0 Å². The Kier molecular flexibility index (Phi) is 82.5. The Morgan fingerprint density at radius 3 is 0.362 bits per heavy atom. The molecule has 4 saturated heterocycles. The largest absolute Gasteiger partial charge is 0.616 e. The molecule has 12 N–H and O–H groups in total. The van der Waals surface area contributed by atoms with Crippen LogP contribution in [0.1, 0.15) is 254 Å². The van der Waals surface area contributed by atoms with Crippen LogP contribution < -0.4 is 16.9 Å². The van der Waals surface area contributed by atoms with Gasteiger partial charge < -0.3 is 123 Å². The second kappa shape index (κ2) is 66.5. The Labute approximate surface area is 819 Å². The van der Waals surface area contributed by atoms with Crippen molar-refractivity contribution in [3.8, 4) is 0 Å². The number of nitrogens with zero attached hydrogens (tertiary/aromatic N) is 4. The molecule has 648 valence electrons. The summed E-state index contributed by atoms with van der Waals surface area (Å²) in [6.07, 6.45) is 10.2. The van der Waals surface area contributed by atoms with E-state index in [0.29, 0.717) is 0 Å². The van der Waals surface area contributed by atoms with Crippen LogP contribution in [0.5, 0.6) is 0 Å². The zero-order chi connectivity index (χ0) is 80.5. The third-order valence-electron chi connectivity index (χ3n) is 17.5. The van der Waals surface area contributed by atoms with E-state index >= 15 is 0 Å². The van der Waals surface area contributed by atoms with E-state index in [0.717, 1.165) is 120 Å². The topological polar surface area (TPSA) is 293 Å². The van der Waals surface area contributed by atoms with Crippen molar-refractivity contribution < 1.29 is 232 Å². The van der Waals surface area contributed by atoms with Gasteiger partial charge in [-0.15, -0.1) is 0 Å². The normalized spacial score (nSPS) is 13.7. The van der Waals surface area contributed by atoms with Crippen LogP contribution in [-0.2, 0) is 175 Å². The summed E-state index contributed by atoms with van der Waals surface area (Å²) >= 11 is 0. The van der Waals surface area contributed by atoms with E-state index in [-0.39, 0.29) is 233 Å². The van der Waals surface area contributed by atoms with Crippen LogP contribution >= 0.6 is 0 Å². The van der Waals surface area contributed by atoms with Gasteiger partial charge in [-0.1, -0.05) is 262 Å². The van der Waals surface area contributed by atoms with Gasteiger partial charge in [-0.05, 0) is 143 Å². The monoisotopic (exact) mass is 2170 g/mol. The predicted octanol–water partition coefficient (Wildman–Crippen LogP) is 16.9. The van der Waals surface area contributed by atoms with E-state index < -0.39 is 68.8 Å². The van der Waals surface area contributed by atoms with Crippen LogP contribution in [-0.4, -0.2) is 179 Å². The van der Waals surface area contributed by atoms with Gasteiger partial charge in [-0.2, -0.15) is 0 Å². The average Bonchev–Trinajstić information content (AvgIpc) is 0.821. The molecule has 116 heavy (non-hydrogen) atoms. The summed E-state index contributed by atoms with van der Waals surface area (Å²) in [5.41, 5.74) is 11.7. The summed E-state index contributed by atoms with van der Waals surface area (Å²) in [5.74, 6) is 1.95. The molecule has 4 aromatic rings. The molecule has 0 amide bonds. The smallest absolute Gasteiger partial charge is 0.381 e. The molecule has 4 aromatic carbocycles. The predicted molar refractivity (Wildman–Crippen MR) is 477 cm³/mol. The second-order valence-corrected chi connectivity index (χ2v) is 61.6. The van der Waals surface area contributed by atoms with Gasteiger partial charge >= 0.3 is 35.9 Å². The standard InChI is InChI=1S/4C15H29NO3Si2.4C4H8O.4CH3.8Zn/c4*1-11(2)13-9-8-10-14(12(3)4)15(13)16(20(5,6)7)21(17,18)19;4*1-2-4-5-3-1;;;;;;;;;;;;/h4*8-12,17-19H,1-7H3;4*1-4H2;4*1H3;;;;;;;;/q;;;;;;;;4*-1;;;;;;;;. The van der Waals surface area contributed by atoms with Crippen molar-refractivity contribution >= 4 is 91.6 Å². The van der Waals surface area contributed by atoms with Gasteiger partial charge in [-0.3, -0.25) is 0 Å². The quantitative estimate of drug-likeness (QED) is 0.0289. The first kappa shape index (κ1) is 144. The van der Waals surface area contributed by atoms with E-state index in [4.69, 9.17) is 18.9 Å². The summed E-state index contributed by atoms with van der Waals surface area (Å²) in [7, 11) is -26.4. The first-order chi connectivity index (χ1) is 47.5. The van der Waals surface area contributed by atoms with E-state index in [1.807, 2.05) is 151 Å². The molecule has 4 fully saturated rings. The molecule has 20 nitrogen and oxygen atoms in total. The Morgan fingerprint density at radius 2 is 0.310 bits per heavy atom. The van der Waals surface area contributed by atoms with E-state index in [1.54, 1.807) is 16.9 Å². The molecule has 0 radical (unpaired) electrons. The summed E-state index contributed by atoms with van der Waals surface area (Å²) in [6.45, 7) is 65.5. The molecule has 0 saturated carbocycles. The molecule has 0 atom stereocenters. The van der Waals surface area contributed by atoms with Gasteiger partial charge in [0.2, 0.25) is 0 Å². The van der Waals surface area contributed by atoms with E-state index in [2.05, 4.69) is 111 Å². The molecular formula is C80H160N4O16Si8Zn8-4. The van der Waals surface area contributed by atoms with Crippen LogP contribution in [0.15, 0.2) is 72.8 Å². The second-order valence-electron chi connectivity index (χ2n) is 34.1. The zero-order valence-corrected chi connectivity index (χ0v) is 111. The minimum Gasteiger partial charge on any atom is -0.381 e. The minimum atomic E-state index is -4.42. The number of anilines is 4. The number of hydrogen-bond donors (Lipinski definition) is 12. The fourth-order valence-corrected chi connectivity index (χ4v) is 33.2. The SMILES string of the molecule is C1CCOC1.C1CCOC1.C1CCOC1.C1CCOC1.CC(C)c1cccc(C(C)C)c1N([Si](C)(C)C)[Si](O)(O)O.CC(C)c1cccc(C(C)C)c1N([Si](C)(C)C)[Si](O)(O)O.CC(C)c1cccc(C(C)C)c1N([Si](C)(C)C)[Si](O)(O)O.CC(C)c1cccc(C(C)C)c1N([Si](C)(C)C)[Si](O)(O)O.[CH3-].[CH3-].[CH3-].[CH3-].[Zn].[Zn].[Zn].[Zn].[Zn].[Zn].[Zn].[Zn]. The van der Waals surface area contributed by atoms with Crippen molar-refractivity contribution in [3.05, 3.63) is 147 Å². The van der Waals surface area contributed by atoms with Gasteiger partial charge in [-0.25, -0.2) is 0 Å². The van der Waals surface area contributed by atoms with Crippen molar-refractivity contribution in [2.45, 2.75) is 288 Å².